The van der Waals surface area contributed by atoms with Crippen LogP contribution in [0.1, 0.15) is 54.4 Å². The summed E-state index contributed by atoms with van der Waals surface area (Å²) < 4.78 is 0. The van der Waals surface area contributed by atoms with Crippen molar-refractivity contribution in [1.29, 1.82) is 0 Å². The predicted molar refractivity (Wildman–Crippen MR) is 96.0 cm³/mol. The molecule has 1 aromatic rings. The fraction of sp³-hybridized carbons (Fsp3) is 0.381. The van der Waals surface area contributed by atoms with Gasteiger partial charge in [0.05, 0.1) is 5.92 Å². The summed E-state index contributed by atoms with van der Waals surface area (Å²) >= 11 is 0. The number of benzene rings is 1. The zero-order valence-electron chi connectivity index (χ0n) is 14.7. The van der Waals surface area contributed by atoms with Crippen molar-refractivity contribution >= 4 is 17.3 Å². The molecule has 0 atom stereocenters. The molecular weight excluding hydrogens is 332 g/mol. The zero-order chi connectivity index (χ0) is 18.8. The Labute approximate surface area is 152 Å². The fourth-order valence-electron chi connectivity index (χ4n) is 3.64. The number of carbonyl (C=O) groups is 3. The molecular formula is C21H22O5. The first-order valence-corrected chi connectivity index (χ1v) is 8.91. The SMILES string of the molecule is Cc1ccc(C(=O)C(C2=C(O)CCCC2=O)C2=C(O)CCCC2=O)cc1. The molecule has 0 saturated heterocycles. The summed E-state index contributed by atoms with van der Waals surface area (Å²) in [5.41, 5.74) is 1.26. The number of hydrogen-bond donors (Lipinski definition) is 2. The first kappa shape index (κ1) is 18.1. The van der Waals surface area contributed by atoms with Crippen LogP contribution in [-0.4, -0.2) is 27.6 Å². The van der Waals surface area contributed by atoms with E-state index in [2.05, 4.69) is 0 Å². The van der Waals surface area contributed by atoms with E-state index in [0.717, 1.165) is 5.56 Å². The lowest BCUT2D eigenvalue weighted by Crippen LogP contribution is -2.32. The Morgan fingerprint density at radius 3 is 1.73 bits per heavy atom. The third-order valence-corrected chi connectivity index (χ3v) is 5.03. The van der Waals surface area contributed by atoms with Crippen molar-refractivity contribution < 1.29 is 24.6 Å². The van der Waals surface area contributed by atoms with E-state index < -0.39 is 11.7 Å². The van der Waals surface area contributed by atoms with Gasteiger partial charge in [-0.15, -0.1) is 0 Å². The number of aryl methyl sites for hydroxylation is 1. The summed E-state index contributed by atoms with van der Waals surface area (Å²) in [5.74, 6) is -2.65. The van der Waals surface area contributed by atoms with Crippen LogP contribution in [0.2, 0.25) is 0 Å². The number of allylic oxidation sites excluding steroid dienone is 4. The smallest absolute Gasteiger partial charge is 0.175 e. The number of Topliss-reactive ketones (excluding diaryl/α,β-unsaturated/α-hetero) is 3. The van der Waals surface area contributed by atoms with Gasteiger partial charge < -0.3 is 10.2 Å². The predicted octanol–water partition coefficient (Wildman–Crippen LogP) is 3.92. The fourth-order valence-corrected chi connectivity index (χ4v) is 3.64. The molecule has 5 heteroatoms. The van der Waals surface area contributed by atoms with Gasteiger partial charge in [0.2, 0.25) is 0 Å². The van der Waals surface area contributed by atoms with Crippen LogP contribution >= 0.6 is 0 Å². The van der Waals surface area contributed by atoms with E-state index >= 15 is 0 Å². The third-order valence-electron chi connectivity index (χ3n) is 5.03. The normalized spacial score (nSPS) is 18.7. The van der Waals surface area contributed by atoms with Gasteiger partial charge in [-0.05, 0) is 19.8 Å². The molecule has 26 heavy (non-hydrogen) atoms. The number of hydrogen-bond acceptors (Lipinski definition) is 5. The number of aliphatic hydroxyl groups is 2. The van der Waals surface area contributed by atoms with Crippen molar-refractivity contribution in [3.05, 3.63) is 58.1 Å². The van der Waals surface area contributed by atoms with Gasteiger partial charge in [0.1, 0.15) is 11.5 Å². The molecule has 0 fully saturated rings. The minimum absolute atomic E-state index is 0.0291. The zero-order valence-corrected chi connectivity index (χ0v) is 14.7. The molecule has 0 saturated carbocycles. The van der Waals surface area contributed by atoms with Gasteiger partial charge in [0, 0.05) is 42.4 Å². The van der Waals surface area contributed by atoms with Gasteiger partial charge >= 0.3 is 0 Å². The molecule has 2 aliphatic carbocycles. The van der Waals surface area contributed by atoms with Crippen LogP contribution in [0, 0.1) is 12.8 Å². The van der Waals surface area contributed by atoms with Crippen LogP contribution in [0.15, 0.2) is 46.9 Å². The number of carbonyl (C=O) groups excluding carboxylic acids is 3. The van der Waals surface area contributed by atoms with Crippen LogP contribution < -0.4 is 0 Å². The van der Waals surface area contributed by atoms with Gasteiger partial charge in [0.15, 0.2) is 17.3 Å². The minimum atomic E-state index is -1.24. The summed E-state index contributed by atoms with van der Waals surface area (Å²) in [6.45, 7) is 1.89. The van der Waals surface area contributed by atoms with Crippen molar-refractivity contribution in [1.82, 2.24) is 0 Å². The first-order chi connectivity index (χ1) is 12.4. The molecule has 136 valence electrons. The highest BCUT2D eigenvalue weighted by Crippen LogP contribution is 2.37. The Hall–Kier alpha value is -2.69. The molecule has 0 bridgehead atoms. The average Bonchev–Trinajstić information content (AvgIpc) is 2.60. The monoisotopic (exact) mass is 354 g/mol. The second kappa shape index (κ2) is 7.28. The molecule has 0 aromatic heterocycles. The molecule has 5 nitrogen and oxygen atoms in total. The highest BCUT2D eigenvalue weighted by atomic mass is 16.3. The van der Waals surface area contributed by atoms with Gasteiger partial charge in [-0.25, -0.2) is 0 Å². The van der Waals surface area contributed by atoms with Crippen molar-refractivity contribution in [2.24, 2.45) is 5.92 Å². The highest BCUT2D eigenvalue weighted by Gasteiger charge is 2.40. The van der Waals surface area contributed by atoms with E-state index in [-0.39, 0.29) is 47.1 Å². The first-order valence-electron chi connectivity index (χ1n) is 8.91. The average molecular weight is 354 g/mol. The summed E-state index contributed by atoms with van der Waals surface area (Å²) in [6.07, 6.45) is 2.05. The quantitative estimate of drug-likeness (QED) is 0.800. The van der Waals surface area contributed by atoms with Crippen molar-refractivity contribution in [3.8, 4) is 0 Å². The Bertz CT molecular complexity index is 784. The van der Waals surface area contributed by atoms with Gasteiger partial charge in [0.25, 0.3) is 0 Å². The van der Waals surface area contributed by atoms with E-state index in [9.17, 15) is 24.6 Å². The molecule has 0 amide bonds. The van der Waals surface area contributed by atoms with E-state index in [1.54, 1.807) is 24.3 Å². The second-order valence-electron chi connectivity index (χ2n) is 6.94. The van der Waals surface area contributed by atoms with Crippen LogP contribution in [0.3, 0.4) is 0 Å². The topological polar surface area (TPSA) is 91.7 Å². The molecule has 0 radical (unpaired) electrons. The highest BCUT2D eigenvalue weighted by molar-refractivity contribution is 6.15. The molecule has 0 heterocycles. The summed E-state index contributed by atoms with van der Waals surface area (Å²) in [4.78, 5) is 38.3. The maximum atomic E-state index is 13.2. The second-order valence-corrected chi connectivity index (χ2v) is 6.94. The largest absolute Gasteiger partial charge is 0.512 e. The molecule has 3 rings (SSSR count). The Balaban J connectivity index is 2.16. The standard InChI is InChI=1S/C21H22O5/c1-12-8-10-13(11-9-12)21(26)20(18-14(22)4-2-5-15(18)23)19-16(24)6-3-7-17(19)25/h8-11,20,22,24H,2-7H2,1H3. The van der Waals surface area contributed by atoms with Gasteiger partial charge in [-0.2, -0.15) is 0 Å². The van der Waals surface area contributed by atoms with Crippen LogP contribution in [-0.2, 0) is 9.59 Å². The van der Waals surface area contributed by atoms with Crippen LogP contribution in [0.5, 0.6) is 0 Å². The summed E-state index contributed by atoms with van der Waals surface area (Å²) in [6, 6.07) is 6.83. The van der Waals surface area contributed by atoms with E-state index in [1.807, 2.05) is 6.92 Å². The lowest BCUT2D eigenvalue weighted by atomic mass is 9.74. The van der Waals surface area contributed by atoms with Crippen molar-refractivity contribution in [3.63, 3.8) is 0 Å². The number of ketones is 3. The Morgan fingerprint density at radius 1 is 0.846 bits per heavy atom. The van der Waals surface area contributed by atoms with E-state index in [1.165, 1.54) is 0 Å². The molecule has 2 N–H and O–H groups in total. The van der Waals surface area contributed by atoms with E-state index in [0.29, 0.717) is 31.2 Å². The molecule has 1 aromatic carbocycles. The van der Waals surface area contributed by atoms with Gasteiger partial charge in [-0.3, -0.25) is 14.4 Å². The summed E-state index contributed by atoms with van der Waals surface area (Å²) in [5, 5.41) is 20.7. The molecule has 0 aliphatic heterocycles. The lowest BCUT2D eigenvalue weighted by Gasteiger charge is -2.27. The molecule has 2 aliphatic rings. The van der Waals surface area contributed by atoms with Gasteiger partial charge in [-0.1, -0.05) is 29.8 Å². The van der Waals surface area contributed by atoms with Crippen molar-refractivity contribution in [2.45, 2.75) is 45.4 Å². The third kappa shape index (κ3) is 3.34. The number of aliphatic hydroxyl groups excluding tert-OH is 2. The van der Waals surface area contributed by atoms with Crippen LogP contribution in [0.4, 0.5) is 0 Å². The Morgan fingerprint density at radius 2 is 1.31 bits per heavy atom. The molecule has 0 unspecified atom stereocenters. The van der Waals surface area contributed by atoms with Crippen molar-refractivity contribution in [2.75, 3.05) is 0 Å². The Kier molecular flexibility index (Phi) is 5.07. The minimum Gasteiger partial charge on any atom is -0.512 e. The summed E-state index contributed by atoms with van der Waals surface area (Å²) in [7, 11) is 0. The maximum Gasteiger partial charge on any atom is 0.175 e. The maximum absolute atomic E-state index is 13.2. The van der Waals surface area contributed by atoms with Crippen LogP contribution in [0.25, 0.3) is 0 Å². The lowest BCUT2D eigenvalue weighted by molar-refractivity contribution is -0.117. The number of rotatable bonds is 4. The molecule has 0 spiro atoms. The van der Waals surface area contributed by atoms with E-state index in [4.69, 9.17) is 0 Å².